The predicted octanol–water partition coefficient (Wildman–Crippen LogP) is 4.53. The van der Waals surface area contributed by atoms with Gasteiger partial charge in [0.2, 0.25) is 0 Å². The van der Waals surface area contributed by atoms with Gasteiger partial charge in [0.1, 0.15) is 0 Å². The maximum atomic E-state index is 3.56. The third-order valence-electron chi connectivity index (χ3n) is 4.25. The van der Waals surface area contributed by atoms with Gasteiger partial charge in [-0.3, -0.25) is 0 Å². The summed E-state index contributed by atoms with van der Waals surface area (Å²) in [6, 6.07) is 5.16. The first-order chi connectivity index (χ1) is 8.24. The molecular formula is C15H25NS. The van der Waals surface area contributed by atoms with Crippen LogP contribution < -0.4 is 5.32 Å². The van der Waals surface area contributed by atoms with Gasteiger partial charge in [0.25, 0.3) is 0 Å². The van der Waals surface area contributed by atoms with E-state index in [1.54, 1.807) is 0 Å². The first-order valence-electron chi connectivity index (χ1n) is 6.98. The maximum Gasteiger partial charge on any atom is 0.0441 e. The number of rotatable bonds is 4. The predicted molar refractivity (Wildman–Crippen MR) is 76.6 cm³/mol. The second-order valence-corrected chi connectivity index (χ2v) is 6.74. The molecule has 0 bridgehead atoms. The third-order valence-corrected chi connectivity index (χ3v) is 5.33. The highest BCUT2D eigenvalue weighted by atomic mass is 32.1. The van der Waals surface area contributed by atoms with Gasteiger partial charge in [0.05, 0.1) is 0 Å². The van der Waals surface area contributed by atoms with Crippen molar-refractivity contribution in [1.29, 1.82) is 0 Å². The number of hydrogen-bond donors (Lipinski definition) is 1. The van der Waals surface area contributed by atoms with Crippen molar-refractivity contribution in [2.24, 2.45) is 11.8 Å². The molecule has 1 heterocycles. The van der Waals surface area contributed by atoms with E-state index in [-0.39, 0.29) is 0 Å². The van der Waals surface area contributed by atoms with E-state index in [1.807, 2.05) is 11.3 Å². The first-order valence-corrected chi connectivity index (χ1v) is 7.79. The zero-order valence-electron chi connectivity index (χ0n) is 11.3. The summed E-state index contributed by atoms with van der Waals surface area (Å²) in [6.07, 6.45) is 7.05. The van der Waals surface area contributed by atoms with E-state index in [2.05, 4.69) is 38.3 Å². The molecule has 1 fully saturated rings. The van der Waals surface area contributed by atoms with Crippen LogP contribution in [0.4, 0.5) is 0 Å². The molecule has 0 saturated heterocycles. The Balaban J connectivity index is 2.07. The Morgan fingerprint density at radius 1 is 1.41 bits per heavy atom. The number of nitrogens with one attached hydrogen (secondary N) is 1. The van der Waals surface area contributed by atoms with Crippen LogP contribution in [0.1, 0.15) is 54.8 Å². The van der Waals surface area contributed by atoms with E-state index in [4.69, 9.17) is 0 Å². The fraction of sp³-hybridized carbons (Fsp3) is 0.733. The summed E-state index contributed by atoms with van der Waals surface area (Å²) in [7, 11) is 2.12. The number of aryl methyl sites for hydroxylation is 1. The molecule has 3 atom stereocenters. The van der Waals surface area contributed by atoms with E-state index < -0.39 is 0 Å². The van der Waals surface area contributed by atoms with Crippen LogP contribution in [0, 0.1) is 18.8 Å². The van der Waals surface area contributed by atoms with Gasteiger partial charge in [0, 0.05) is 15.8 Å². The standard InChI is InChI=1S/C15H25NS/c1-4-12-6-5-7-13(10-12)15(16-3)14-9-8-11(2)17-14/h8-9,12-13,15-16H,4-7,10H2,1-3H3. The molecular weight excluding hydrogens is 226 g/mol. The van der Waals surface area contributed by atoms with Crippen LogP contribution in [0.3, 0.4) is 0 Å². The van der Waals surface area contributed by atoms with E-state index in [1.165, 1.54) is 41.9 Å². The smallest absolute Gasteiger partial charge is 0.0441 e. The summed E-state index contributed by atoms with van der Waals surface area (Å²) in [5.74, 6) is 1.81. The lowest BCUT2D eigenvalue weighted by Crippen LogP contribution is -2.28. The lowest BCUT2D eigenvalue weighted by molar-refractivity contribution is 0.216. The Morgan fingerprint density at radius 2 is 2.24 bits per heavy atom. The molecule has 1 aliphatic carbocycles. The largest absolute Gasteiger partial charge is 0.312 e. The van der Waals surface area contributed by atoms with Crippen molar-refractivity contribution in [2.45, 2.75) is 52.0 Å². The van der Waals surface area contributed by atoms with Gasteiger partial charge in [-0.05, 0) is 50.8 Å². The highest BCUT2D eigenvalue weighted by Crippen LogP contribution is 2.39. The average Bonchev–Trinajstić information content (AvgIpc) is 2.77. The molecule has 1 aromatic heterocycles. The minimum atomic E-state index is 0.586. The monoisotopic (exact) mass is 251 g/mol. The van der Waals surface area contributed by atoms with Crippen LogP contribution in [0.15, 0.2) is 12.1 Å². The van der Waals surface area contributed by atoms with Crippen molar-refractivity contribution in [3.63, 3.8) is 0 Å². The van der Waals surface area contributed by atoms with Gasteiger partial charge in [-0.25, -0.2) is 0 Å². The molecule has 96 valence electrons. The maximum absolute atomic E-state index is 3.56. The summed E-state index contributed by atoms with van der Waals surface area (Å²) in [4.78, 5) is 2.97. The van der Waals surface area contributed by atoms with E-state index in [0.717, 1.165) is 11.8 Å². The zero-order chi connectivity index (χ0) is 12.3. The Labute approximate surface area is 110 Å². The van der Waals surface area contributed by atoms with Gasteiger partial charge in [-0.15, -0.1) is 11.3 Å². The number of thiophene rings is 1. The van der Waals surface area contributed by atoms with Crippen LogP contribution in [-0.4, -0.2) is 7.05 Å². The second-order valence-electron chi connectivity index (χ2n) is 5.42. The van der Waals surface area contributed by atoms with Crippen LogP contribution in [0.5, 0.6) is 0 Å². The van der Waals surface area contributed by atoms with Crippen LogP contribution in [0.2, 0.25) is 0 Å². The van der Waals surface area contributed by atoms with Crippen LogP contribution in [-0.2, 0) is 0 Å². The van der Waals surface area contributed by atoms with Crippen LogP contribution in [0.25, 0.3) is 0 Å². The molecule has 0 aliphatic heterocycles. The van der Waals surface area contributed by atoms with Gasteiger partial charge in [-0.1, -0.05) is 26.2 Å². The second kappa shape index (κ2) is 6.01. The van der Waals surface area contributed by atoms with E-state index in [0.29, 0.717) is 6.04 Å². The van der Waals surface area contributed by atoms with Crippen molar-refractivity contribution in [3.05, 3.63) is 21.9 Å². The van der Waals surface area contributed by atoms with Gasteiger partial charge < -0.3 is 5.32 Å². The van der Waals surface area contributed by atoms with Crippen molar-refractivity contribution in [3.8, 4) is 0 Å². The molecule has 0 aromatic carbocycles. The fourth-order valence-electron chi connectivity index (χ4n) is 3.24. The van der Waals surface area contributed by atoms with Crippen molar-refractivity contribution >= 4 is 11.3 Å². The van der Waals surface area contributed by atoms with Gasteiger partial charge >= 0.3 is 0 Å². The lowest BCUT2D eigenvalue weighted by atomic mass is 9.76. The molecule has 2 heteroatoms. The van der Waals surface area contributed by atoms with Crippen molar-refractivity contribution in [2.75, 3.05) is 7.05 Å². The summed E-state index contributed by atoms with van der Waals surface area (Å²) in [5, 5.41) is 3.56. The average molecular weight is 251 g/mol. The summed E-state index contributed by atoms with van der Waals surface area (Å²) >= 11 is 1.96. The van der Waals surface area contributed by atoms with Gasteiger partial charge in [-0.2, -0.15) is 0 Å². The Bertz CT molecular complexity index is 344. The third kappa shape index (κ3) is 3.11. The molecule has 1 aromatic rings. The molecule has 1 nitrogen and oxygen atoms in total. The minimum absolute atomic E-state index is 0.586. The minimum Gasteiger partial charge on any atom is -0.312 e. The quantitative estimate of drug-likeness (QED) is 0.829. The highest BCUT2D eigenvalue weighted by molar-refractivity contribution is 7.12. The van der Waals surface area contributed by atoms with Gasteiger partial charge in [0.15, 0.2) is 0 Å². The molecule has 17 heavy (non-hydrogen) atoms. The first kappa shape index (κ1) is 13.1. The van der Waals surface area contributed by atoms with E-state index in [9.17, 15) is 0 Å². The molecule has 1 saturated carbocycles. The van der Waals surface area contributed by atoms with Crippen molar-refractivity contribution < 1.29 is 0 Å². The summed E-state index contributed by atoms with van der Waals surface area (Å²) < 4.78 is 0. The summed E-state index contributed by atoms with van der Waals surface area (Å²) in [6.45, 7) is 4.55. The Kier molecular flexibility index (Phi) is 4.63. The normalized spacial score (nSPS) is 27.0. The molecule has 3 unspecified atom stereocenters. The topological polar surface area (TPSA) is 12.0 Å². The molecule has 2 rings (SSSR count). The molecule has 1 N–H and O–H groups in total. The van der Waals surface area contributed by atoms with Crippen LogP contribution >= 0.6 is 11.3 Å². The lowest BCUT2D eigenvalue weighted by Gasteiger charge is -2.33. The molecule has 0 spiro atoms. The fourth-order valence-corrected chi connectivity index (χ4v) is 4.32. The highest BCUT2D eigenvalue weighted by Gasteiger charge is 2.28. The molecule has 0 amide bonds. The Morgan fingerprint density at radius 3 is 2.82 bits per heavy atom. The SMILES string of the molecule is CCC1CCCC(C(NC)c2ccc(C)s2)C1. The van der Waals surface area contributed by atoms with Crippen molar-refractivity contribution in [1.82, 2.24) is 5.32 Å². The molecule has 0 radical (unpaired) electrons. The zero-order valence-corrected chi connectivity index (χ0v) is 12.1. The van der Waals surface area contributed by atoms with E-state index >= 15 is 0 Å². The summed E-state index contributed by atoms with van der Waals surface area (Å²) in [5.41, 5.74) is 0. The Hall–Kier alpha value is -0.340. The number of hydrogen-bond acceptors (Lipinski definition) is 2. The molecule has 1 aliphatic rings.